The summed E-state index contributed by atoms with van der Waals surface area (Å²) in [6.07, 6.45) is 6.50. The molecule has 0 aromatic heterocycles. The summed E-state index contributed by atoms with van der Waals surface area (Å²) < 4.78 is 0. The third-order valence-corrected chi connectivity index (χ3v) is 5.23. The van der Waals surface area contributed by atoms with Crippen molar-refractivity contribution in [3.8, 4) is 0 Å². The fraction of sp³-hybridized carbons (Fsp3) is 0.650. The van der Waals surface area contributed by atoms with E-state index in [1.54, 1.807) is 0 Å². The lowest BCUT2D eigenvalue weighted by atomic mass is 10.1. The third kappa shape index (κ3) is 5.05. The van der Waals surface area contributed by atoms with Crippen LogP contribution in [0.4, 0.5) is 5.69 Å². The molecule has 3 rings (SSSR count). The van der Waals surface area contributed by atoms with Crippen LogP contribution in [0, 0.1) is 5.92 Å². The molecule has 0 aliphatic carbocycles. The van der Waals surface area contributed by atoms with Crippen molar-refractivity contribution in [3.63, 3.8) is 0 Å². The Balaban J connectivity index is 1.51. The number of carbonyl (C=O) groups is 1. The third-order valence-electron chi connectivity index (χ3n) is 5.23. The van der Waals surface area contributed by atoms with Crippen LogP contribution in [0.15, 0.2) is 24.3 Å². The predicted octanol–water partition coefficient (Wildman–Crippen LogP) is 3.34. The van der Waals surface area contributed by atoms with Crippen molar-refractivity contribution in [2.75, 3.05) is 38.0 Å². The van der Waals surface area contributed by atoms with Gasteiger partial charge in [0.15, 0.2) is 0 Å². The van der Waals surface area contributed by atoms with Gasteiger partial charge in [0.1, 0.15) is 0 Å². The number of benzene rings is 1. The largest absolute Gasteiger partial charge is 0.326 e. The molecule has 2 saturated heterocycles. The monoisotopic (exact) mass is 329 g/mol. The summed E-state index contributed by atoms with van der Waals surface area (Å²) in [6.45, 7) is 8.59. The summed E-state index contributed by atoms with van der Waals surface area (Å²) in [7, 11) is 0. The zero-order valence-corrected chi connectivity index (χ0v) is 15.0. The fourth-order valence-electron chi connectivity index (χ4n) is 3.82. The highest BCUT2D eigenvalue weighted by atomic mass is 16.1. The molecule has 2 fully saturated rings. The molecule has 2 heterocycles. The molecule has 1 aromatic carbocycles. The van der Waals surface area contributed by atoms with Gasteiger partial charge < -0.3 is 10.2 Å². The van der Waals surface area contributed by atoms with E-state index in [4.69, 9.17) is 0 Å². The molecular weight excluding hydrogens is 298 g/mol. The van der Waals surface area contributed by atoms with Gasteiger partial charge in [0.05, 0.1) is 0 Å². The minimum Gasteiger partial charge on any atom is -0.326 e. The molecule has 1 amide bonds. The number of likely N-dealkylation sites (tertiary alicyclic amines) is 2. The van der Waals surface area contributed by atoms with Gasteiger partial charge in [-0.25, -0.2) is 0 Å². The van der Waals surface area contributed by atoms with Gasteiger partial charge in [0, 0.05) is 24.7 Å². The van der Waals surface area contributed by atoms with Gasteiger partial charge in [-0.15, -0.1) is 0 Å². The Hall–Kier alpha value is -1.39. The van der Waals surface area contributed by atoms with Gasteiger partial charge in [-0.1, -0.05) is 25.5 Å². The highest BCUT2D eigenvalue weighted by molar-refractivity contribution is 5.92. The summed E-state index contributed by atoms with van der Waals surface area (Å²) >= 11 is 0. The van der Waals surface area contributed by atoms with Gasteiger partial charge in [0.2, 0.25) is 5.91 Å². The first kappa shape index (κ1) is 17.4. The second-order valence-corrected chi connectivity index (χ2v) is 7.44. The van der Waals surface area contributed by atoms with Crippen LogP contribution in [0.25, 0.3) is 0 Å². The van der Waals surface area contributed by atoms with Gasteiger partial charge in [-0.3, -0.25) is 9.69 Å². The van der Waals surface area contributed by atoms with E-state index in [0.29, 0.717) is 0 Å². The molecule has 24 heavy (non-hydrogen) atoms. The first-order valence-corrected chi connectivity index (χ1v) is 9.55. The zero-order chi connectivity index (χ0) is 16.8. The second kappa shape index (κ2) is 8.63. The number of nitrogens with zero attached hydrogens (tertiary/aromatic N) is 2. The van der Waals surface area contributed by atoms with Crippen LogP contribution in [-0.4, -0.2) is 48.4 Å². The number of carbonyl (C=O) groups excluding carboxylic acids is 1. The van der Waals surface area contributed by atoms with E-state index in [2.05, 4.69) is 33.3 Å². The number of piperidine rings is 1. The molecule has 2 aliphatic rings. The van der Waals surface area contributed by atoms with Crippen molar-refractivity contribution in [1.29, 1.82) is 0 Å². The Kier molecular flexibility index (Phi) is 6.27. The van der Waals surface area contributed by atoms with Crippen molar-refractivity contribution < 1.29 is 4.79 Å². The van der Waals surface area contributed by atoms with E-state index < -0.39 is 0 Å². The van der Waals surface area contributed by atoms with Crippen molar-refractivity contribution in [3.05, 3.63) is 29.8 Å². The fourth-order valence-corrected chi connectivity index (χ4v) is 3.82. The van der Waals surface area contributed by atoms with Crippen molar-refractivity contribution in [2.45, 2.75) is 45.6 Å². The summed E-state index contributed by atoms with van der Waals surface area (Å²) in [5.74, 6) is 0.171. The highest BCUT2D eigenvalue weighted by Crippen LogP contribution is 2.17. The lowest BCUT2D eigenvalue weighted by molar-refractivity contribution is -0.120. The summed E-state index contributed by atoms with van der Waals surface area (Å²) in [5, 5.41) is 3.11. The minimum absolute atomic E-state index is 0.0327. The lowest BCUT2D eigenvalue weighted by Gasteiger charge is -2.28. The first-order chi connectivity index (χ1) is 11.7. The molecule has 1 N–H and O–H groups in total. The Bertz CT molecular complexity index is 533. The molecule has 2 aliphatic heterocycles. The SMILES string of the molecule is CC(CN1CCCCC1)C(=O)Nc1cccc(CN2CCCC2)c1. The molecular formula is C20H31N3O. The van der Waals surface area contributed by atoms with E-state index in [9.17, 15) is 4.79 Å². The smallest absolute Gasteiger partial charge is 0.228 e. The number of nitrogens with one attached hydrogen (secondary N) is 1. The van der Waals surface area contributed by atoms with Crippen LogP contribution in [0.2, 0.25) is 0 Å². The number of anilines is 1. The Morgan fingerprint density at radius 1 is 1.04 bits per heavy atom. The molecule has 1 unspecified atom stereocenters. The van der Waals surface area contributed by atoms with Crippen LogP contribution in [0.1, 0.15) is 44.6 Å². The first-order valence-electron chi connectivity index (χ1n) is 9.55. The number of hydrogen-bond acceptors (Lipinski definition) is 3. The van der Waals surface area contributed by atoms with Gasteiger partial charge >= 0.3 is 0 Å². The number of hydrogen-bond donors (Lipinski definition) is 1. The van der Waals surface area contributed by atoms with Crippen LogP contribution < -0.4 is 5.32 Å². The van der Waals surface area contributed by atoms with Gasteiger partial charge in [0.25, 0.3) is 0 Å². The van der Waals surface area contributed by atoms with Crippen molar-refractivity contribution in [2.24, 2.45) is 5.92 Å². The van der Waals surface area contributed by atoms with E-state index in [-0.39, 0.29) is 11.8 Å². The minimum atomic E-state index is 0.0327. The van der Waals surface area contributed by atoms with E-state index in [1.807, 2.05) is 13.0 Å². The number of amides is 1. The lowest BCUT2D eigenvalue weighted by Crippen LogP contribution is -2.37. The molecule has 0 bridgehead atoms. The topological polar surface area (TPSA) is 35.6 Å². The van der Waals surface area contributed by atoms with E-state index in [1.165, 1.54) is 50.8 Å². The average Bonchev–Trinajstić information content (AvgIpc) is 3.09. The summed E-state index contributed by atoms with van der Waals surface area (Å²) in [4.78, 5) is 17.4. The quantitative estimate of drug-likeness (QED) is 0.869. The van der Waals surface area contributed by atoms with Crippen LogP contribution in [-0.2, 0) is 11.3 Å². The van der Waals surface area contributed by atoms with E-state index in [0.717, 1.165) is 31.9 Å². The van der Waals surface area contributed by atoms with Crippen LogP contribution in [0.5, 0.6) is 0 Å². The maximum Gasteiger partial charge on any atom is 0.228 e. The number of rotatable bonds is 6. The zero-order valence-electron chi connectivity index (χ0n) is 15.0. The average molecular weight is 329 g/mol. The second-order valence-electron chi connectivity index (χ2n) is 7.44. The van der Waals surface area contributed by atoms with Gasteiger partial charge in [-0.2, -0.15) is 0 Å². The Labute approximate surface area is 146 Å². The Morgan fingerprint density at radius 2 is 1.71 bits per heavy atom. The molecule has 132 valence electrons. The molecule has 0 saturated carbocycles. The molecule has 1 atom stereocenters. The Morgan fingerprint density at radius 3 is 2.46 bits per heavy atom. The normalized spacial score (nSPS) is 20.9. The highest BCUT2D eigenvalue weighted by Gasteiger charge is 2.19. The molecule has 0 spiro atoms. The van der Waals surface area contributed by atoms with Crippen LogP contribution in [0.3, 0.4) is 0 Å². The van der Waals surface area contributed by atoms with Crippen LogP contribution >= 0.6 is 0 Å². The molecule has 4 nitrogen and oxygen atoms in total. The molecule has 1 aromatic rings. The van der Waals surface area contributed by atoms with Gasteiger partial charge in [-0.05, 0) is 69.6 Å². The summed E-state index contributed by atoms with van der Waals surface area (Å²) in [6, 6.07) is 8.34. The van der Waals surface area contributed by atoms with Crippen molar-refractivity contribution in [1.82, 2.24) is 9.80 Å². The van der Waals surface area contributed by atoms with E-state index >= 15 is 0 Å². The standard InChI is InChI=1S/C20H31N3O/c1-17(15-22-10-3-2-4-11-22)20(24)21-19-9-7-8-18(14-19)16-23-12-5-6-13-23/h7-9,14,17H,2-6,10-13,15-16H2,1H3,(H,21,24). The van der Waals surface area contributed by atoms with Crippen molar-refractivity contribution >= 4 is 11.6 Å². The predicted molar refractivity (Wildman–Crippen MR) is 99.0 cm³/mol. The molecule has 4 heteroatoms. The maximum atomic E-state index is 12.5. The molecule has 0 radical (unpaired) electrons. The maximum absolute atomic E-state index is 12.5. The summed E-state index contributed by atoms with van der Waals surface area (Å²) in [5.41, 5.74) is 2.22.